The van der Waals surface area contributed by atoms with Crippen molar-refractivity contribution in [3.8, 4) is 0 Å². The number of ether oxygens (including phenoxy) is 1. The van der Waals surface area contributed by atoms with Gasteiger partial charge < -0.3 is 15.8 Å². The molecular weight excluding hydrogens is 266 g/mol. The molecule has 2 rings (SSSR count). The van der Waals surface area contributed by atoms with Crippen LogP contribution in [-0.2, 0) is 4.74 Å². The van der Waals surface area contributed by atoms with Crippen LogP contribution < -0.4 is 11.1 Å². The van der Waals surface area contributed by atoms with Gasteiger partial charge in [-0.05, 0) is 37.8 Å². The zero-order valence-corrected chi connectivity index (χ0v) is 11.6. The van der Waals surface area contributed by atoms with Crippen LogP contribution in [-0.4, -0.2) is 30.1 Å². The highest BCUT2D eigenvalue weighted by molar-refractivity contribution is 5.92. The topological polar surface area (TPSA) is 77.2 Å². The van der Waals surface area contributed by atoms with Crippen molar-refractivity contribution in [1.29, 1.82) is 0 Å². The molecule has 3 N–H and O–H groups in total. The Labute approximate surface area is 119 Å². The van der Waals surface area contributed by atoms with Crippen LogP contribution in [0.4, 0.5) is 5.82 Å². The van der Waals surface area contributed by atoms with Gasteiger partial charge in [-0.2, -0.15) is 0 Å². The third-order valence-electron chi connectivity index (χ3n) is 3.03. The van der Waals surface area contributed by atoms with Gasteiger partial charge in [0.05, 0.1) is 6.10 Å². The summed E-state index contributed by atoms with van der Waals surface area (Å²) >= 11 is 0. The lowest BCUT2D eigenvalue weighted by Crippen LogP contribution is -2.30. The molecule has 1 aliphatic heterocycles. The van der Waals surface area contributed by atoms with E-state index < -0.39 is 0 Å². The van der Waals surface area contributed by atoms with E-state index in [1.165, 1.54) is 6.42 Å². The van der Waals surface area contributed by atoms with E-state index in [1.807, 2.05) is 0 Å². The summed E-state index contributed by atoms with van der Waals surface area (Å²) < 4.78 is 5.60. The number of anilines is 1. The Morgan fingerprint density at radius 2 is 2.32 bits per heavy atom. The Bertz CT molecular complexity index is 409. The fraction of sp³-hybridized carbons (Fsp3) is 0.538. The molecule has 106 valence electrons. The van der Waals surface area contributed by atoms with Crippen molar-refractivity contribution in [3.05, 3.63) is 23.9 Å². The Hall–Kier alpha value is -1.33. The lowest BCUT2D eigenvalue weighted by molar-refractivity contribution is 0.0117. The van der Waals surface area contributed by atoms with E-state index in [4.69, 9.17) is 10.5 Å². The van der Waals surface area contributed by atoms with Gasteiger partial charge >= 0.3 is 0 Å². The minimum Gasteiger partial charge on any atom is -0.384 e. The zero-order chi connectivity index (χ0) is 12.8. The van der Waals surface area contributed by atoms with Gasteiger partial charge in [-0.1, -0.05) is 6.07 Å². The van der Waals surface area contributed by atoms with E-state index in [2.05, 4.69) is 10.3 Å². The molecule has 0 aromatic carbocycles. The van der Waals surface area contributed by atoms with Crippen LogP contribution in [0.1, 0.15) is 36.2 Å². The summed E-state index contributed by atoms with van der Waals surface area (Å²) in [6.07, 6.45) is 4.60. The number of nitrogens with one attached hydrogen (secondary N) is 1. The number of carbonyl (C=O) groups excluding carboxylic acids is 1. The number of hydrogen-bond acceptors (Lipinski definition) is 4. The maximum atomic E-state index is 11.8. The number of halogens is 1. The minimum atomic E-state index is -0.182. The molecule has 0 bridgehead atoms. The molecule has 19 heavy (non-hydrogen) atoms. The van der Waals surface area contributed by atoms with Gasteiger partial charge in [0, 0.05) is 13.2 Å². The quantitative estimate of drug-likeness (QED) is 0.884. The van der Waals surface area contributed by atoms with E-state index in [1.54, 1.807) is 18.2 Å². The van der Waals surface area contributed by atoms with Crippen LogP contribution in [0.3, 0.4) is 0 Å². The molecule has 1 atom stereocenters. The summed E-state index contributed by atoms with van der Waals surface area (Å²) in [5.74, 6) is 0.177. The molecule has 1 amide bonds. The summed E-state index contributed by atoms with van der Waals surface area (Å²) in [5.41, 5.74) is 5.89. The molecule has 1 fully saturated rings. The fourth-order valence-electron chi connectivity index (χ4n) is 2.05. The molecule has 5 nitrogen and oxygen atoms in total. The van der Waals surface area contributed by atoms with E-state index in [0.29, 0.717) is 18.1 Å². The van der Waals surface area contributed by atoms with Crippen molar-refractivity contribution >= 4 is 24.1 Å². The first-order chi connectivity index (χ1) is 8.75. The predicted molar refractivity (Wildman–Crippen MR) is 76.4 cm³/mol. The summed E-state index contributed by atoms with van der Waals surface area (Å²) in [6, 6.07) is 5.04. The predicted octanol–water partition coefficient (Wildman–Crippen LogP) is 1.77. The number of nitrogens with zero attached hydrogens (tertiary/aromatic N) is 1. The highest BCUT2D eigenvalue weighted by atomic mass is 35.5. The fourth-order valence-corrected chi connectivity index (χ4v) is 2.05. The second-order valence-electron chi connectivity index (χ2n) is 4.48. The van der Waals surface area contributed by atoms with Crippen molar-refractivity contribution in [1.82, 2.24) is 10.3 Å². The van der Waals surface area contributed by atoms with Crippen LogP contribution in [0.5, 0.6) is 0 Å². The lowest BCUT2D eigenvalue weighted by Gasteiger charge is -2.22. The molecule has 0 saturated carbocycles. The van der Waals surface area contributed by atoms with Crippen LogP contribution in [0.2, 0.25) is 0 Å². The summed E-state index contributed by atoms with van der Waals surface area (Å²) in [7, 11) is 0. The third-order valence-corrected chi connectivity index (χ3v) is 3.03. The van der Waals surface area contributed by atoms with Gasteiger partial charge in [-0.15, -0.1) is 12.4 Å². The van der Waals surface area contributed by atoms with Crippen molar-refractivity contribution in [2.75, 3.05) is 18.9 Å². The van der Waals surface area contributed by atoms with Crippen molar-refractivity contribution < 1.29 is 9.53 Å². The van der Waals surface area contributed by atoms with Crippen molar-refractivity contribution in [3.63, 3.8) is 0 Å². The van der Waals surface area contributed by atoms with Crippen molar-refractivity contribution in [2.45, 2.75) is 31.8 Å². The van der Waals surface area contributed by atoms with E-state index >= 15 is 0 Å². The minimum absolute atomic E-state index is 0. The maximum Gasteiger partial charge on any atom is 0.269 e. The molecule has 0 aliphatic carbocycles. The Morgan fingerprint density at radius 1 is 1.47 bits per heavy atom. The number of amides is 1. The van der Waals surface area contributed by atoms with Crippen LogP contribution in [0.25, 0.3) is 0 Å². The first kappa shape index (κ1) is 15.7. The molecule has 1 aromatic heterocycles. The van der Waals surface area contributed by atoms with E-state index in [-0.39, 0.29) is 24.4 Å². The standard InChI is InChI=1S/C13H19N3O2.ClH/c14-12-6-3-5-11(16-12)13(17)15-8-7-10-4-1-2-9-18-10;/h3,5-6,10H,1-2,4,7-9H2,(H2,14,16)(H,15,17);1H. The van der Waals surface area contributed by atoms with Gasteiger partial charge in [0.25, 0.3) is 5.91 Å². The van der Waals surface area contributed by atoms with Gasteiger partial charge in [0.2, 0.25) is 0 Å². The second-order valence-corrected chi connectivity index (χ2v) is 4.48. The first-order valence-electron chi connectivity index (χ1n) is 6.38. The Kier molecular flexibility index (Phi) is 6.59. The summed E-state index contributed by atoms with van der Waals surface area (Å²) in [5, 5.41) is 2.84. The molecule has 2 heterocycles. The van der Waals surface area contributed by atoms with Crippen molar-refractivity contribution in [2.24, 2.45) is 0 Å². The third kappa shape index (κ3) is 5.04. The molecular formula is C13H20ClN3O2. The van der Waals surface area contributed by atoms with Gasteiger partial charge in [-0.3, -0.25) is 4.79 Å². The molecule has 0 spiro atoms. The summed E-state index contributed by atoms with van der Waals surface area (Å²) in [6.45, 7) is 1.45. The van der Waals surface area contributed by atoms with Gasteiger partial charge in [-0.25, -0.2) is 4.98 Å². The first-order valence-corrected chi connectivity index (χ1v) is 6.38. The lowest BCUT2D eigenvalue weighted by atomic mass is 10.1. The van der Waals surface area contributed by atoms with Crippen LogP contribution >= 0.6 is 12.4 Å². The molecule has 1 unspecified atom stereocenters. The van der Waals surface area contributed by atoms with E-state index in [9.17, 15) is 4.79 Å². The molecule has 1 aromatic rings. The molecule has 6 heteroatoms. The zero-order valence-electron chi connectivity index (χ0n) is 10.8. The number of carbonyl (C=O) groups is 1. The number of rotatable bonds is 4. The monoisotopic (exact) mass is 285 g/mol. The van der Waals surface area contributed by atoms with Crippen LogP contribution in [0.15, 0.2) is 18.2 Å². The number of hydrogen-bond donors (Lipinski definition) is 2. The average molecular weight is 286 g/mol. The molecule has 1 saturated heterocycles. The number of pyridine rings is 1. The van der Waals surface area contributed by atoms with Gasteiger partial charge in [0.1, 0.15) is 11.5 Å². The number of nitrogen functional groups attached to an aromatic ring is 1. The number of nitrogens with two attached hydrogens (primary N) is 1. The smallest absolute Gasteiger partial charge is 0.269 e. The largest absolute Gasteiger partial charge is 0.384 e. The normalized spacial score (nSPS) is 18.4. The SMILES string of the molecule is Cl.Nc1cccc(C(=O)NCCC2CCCCO2)n1. The Balaban J connectivity index is 0.00000180. The number of aromatic nitrogens is 1. The average Bonchev–Trinajstić information content (AvgIpc) is 2.40. The summed E-state index contributed by atoms with van der Waals surface area (Å²) in [4.78, 5) is 15.7. The van der Waals surface area contributed by atoms with E-state index in [0.717, 1.165) is 25.9 Å². The molecule has 1 aliphatic rings. The van der Waals surface area contributed by atoms with Crippen LogP contribution in [0, 0.1) is 0 Å². The Morgan fingerprint density at radius 3 is 3.00 bits per heavy atom. The second kappa shape index (κ2) is 7.96. The maximum absolute atomic E-state index is 11.8. The highest BCUT2D eigenvalue weighted by Gasteiger charge is 2.14. The molecule has 0 radical (unpaired) electrons. The van der Waals surface area contributed by atoms with Gasteiger partial charge in [0.15, 0.2) is 0 Å². The highest BCUT2D eigenvalue weighted by Crippen LogP contribution is 2.14.